The molecule has 116 valence electrons. The van der Waals surface area contributed by atoms with Gasteiger partial charge >= 0.3 is 5.97 Å². The van der Waals surface area contributed by atoms with Crippen LogP contribution in [0.1, 0.15) is 11.1 Å². The Kier molecular flexibility index (Phi) is 5.20. The topological polar surface area (TPSA) is 53.0 Å². The number of rotatable bonds is 5. The molecule has 0 aromatic heterocycles. The number of ether oxygens (including phenoxy) is 1. The summed E-state index contributed by atoms with van der Waals surface area (Å²) in [5.74, 6) is 0.00379. The third-order valence-electron chi connectivity index (χ3n) is 4.11. The molecule has 1 aliphatic heterocycles. The highest BCUT2D eigenvalue weighted by Gasteiger charge is 2.29. The molecular formula is C16H24N2O3. The fourth-order valence-corrected chi connectivity index (χ4v) is 2.78. The minimum Gasteiger partial charge on any atom is -0.496 e. The predicted molar refractivity (Wildman–Crippen MR) is 81.9 cm³/mol. The summed E-state index contributed by atoms with van der Waals surface area (Å²) in [7, 11) is 3.69. The Morgan fingerprint density at radius 2 is 2.00 bits per heavy atom. The number of aryl methyl sites for hydroxylation is 1. The van der Waals surface area contributed by atoms with Crippen molar-refractivity contribution in [3.8, 4) is 5.75 Å². The zero-order valence-electron chi connectivity index (χ0n) is 13.0. The number of carboxylic acid groups (broad SMARTS) is 1. The molecule has 2 rings (SSSR count). The van der Waals surface area contributed by atoms with Crippen molar-refractivity contribution in [2.24, 2.45) is 0 Å². The molecule has 1 saturated heterocycles. The number of carboxylic acids is 1. The lowest BCUT2D eigenvalue weighted by Gasteiger charge is -2.36. The van der Waals surface area contributed by atoms with Crippen LogP contribution in [-0.2, 0) is 11.2 Å². The lowest BCUT2D eigenvalue weighted by Crippen LogP contribution is -2.52. The standard InChI is InChI=1S/C16H24N2O3/c1-12-4-5-15(21-3)13(10-12)11-14(16(19)20)18-8-6-17(2)7-9-18/h4-5,10,14H,6-9,11H2,1-3H3,(H,19,20)/t14-/m0/s1. The number of aliphatic carboxylic acids is 1. The van der Waals surface area contributed by atoms with Crippen LogP contribution in [0.5, 0.6) is 5.75 Å². The molecule has 21 heavy (non-hydrogen) atoms. The Balaban J connectivity index is 2.16. The summed E-state index contributed by atoms with van der Waals surface area (Å²) < 4.78 is 5.37. The second-order valence-electron chi connectivity index (χ2n) is 5.71. The van der Waals surface area contributed by atoms with Crippen molar-refractivity contribution in [2.75, 3.05) is 40.3 Å². The molecule has 0 spiro atoms. The van der Waals surface area contributed by atoms with E-state index >= 15 is 0 Å². The summed E-state index contributed by atoms with van der Waals surface area (Å²) in [6, 6.07) is 5.42. The SMILES string of the molecule is COc1ccc(C)cc1C[C@@H](C(=O)O)N1CCN(C)CC1. The van der Waals surface area contributed by atoms with E-state index in [4.69, 9.17) is 4.74 Å². The molecule has 0 aliphatic carbocycles. The van der Waals surface area contributed by atoms with Crippen LogP contribution < -0.4 is 4.74 Å². The quantitative estimate of drug-likeness (QED) is 0.885. The third kappa shape index (κ3) is 3.95. The van der Waals surface area contributed by atoms with Gasteiger partial charge in [0.1, 0.15) is 11.8 Å². The monoisotopic (exact) mass is 292 g/mol. The summed E-state index contributed by atoms with van der Waals surface area (Å²) in [5.41, 5.74) is 2.08. The molecule has 1 atom stereocenters. The number of piperazine rings is 1. The lowest BCUT2D eigenvalue weighted by molar-refractivity contribution is -0.144. The van der Waals surface area contributed by atoms with Crippen LogP contribution in [0.25, 0.3) is 0 Å². The number of likely N-dealkylation sites (N-methyl/N-ethyl adjacent to an activating group) is 1. The van der Waals surface area contributed by atoms with Gasteiger partial charge in [-0.1, -0.05) is 17.7 Å². The number of hydrogen-bond donors (Lipinski definition) is 1. The van der Waals surface area contributed by atoms with E-state index in [1.54, 1.807) is 7.11 Å². The normalized spacial score (nSPS) is 18.4. The first-order chi connectivity index (χ1) is 10.0. The second-order valence-corrected chi connectivity index (χ2v) is 5.71. The van der Waals surface area contributed by atoms with E-state index in [0.717, 1.165) is 43.1 Å². The van der Waals surface area contributed by atoms with Gasteiger partial charge in [0.2, 0.25) is 0 Å². The van der Waals surface area contributed by atoms with Crippen LogP contribution in [0.15, 0.2) is 18.2 Å². The number of carbonyl (C=O) groups is 1. The molecule has 1 fully saturated rings. The van der Waals surface area contributed by atoms with Crippen LogP contribution >= 0.6 is 0 Å². The van der Waals surface area contributed by atoms with E-state index in [9.17, 15) is 9.90 Å². The maximum atomic E-state index is 11.7. The summed E-state index contributed by atoms with van der Waals surface area (Å²) in [5, 5.41) is 9.59. The molecule has 0 bridgehead atoms. The van der Waals surface area contributed by atoms with Crippen LogP contribution in [0.3, 0.4) is 0 Å². The van der Waals surface area contributed by atoms with Crippen molar-refractivity contribution in [1.82, 2.24) is 9.80 Å². The first-order valence-electron chi connectivity index (χ1n) is 7.30. The number of hydrogen-bond acceptors (Lipinski definition) is 4. The third-order valence-corrected chi connectivity index (χ3v) is 4.11. The molecular weight excluding hydrogens is 268 g/mol. The van der Waals surface area contributed by atoms with E-state index in [-0.39, 0.29) is 0 Å². The van der Waals surface area contributed by atoms with Gasteiger partial charge in [-0.05, 0) is 25.6 Å². The van der Waals surface area contributed by atoms with Crippen LogP contribution in [0, 0.1) is 6.92 Å². The summed E-state index contributed by atoms with van der Waals surface area (Å²) in [6.45, 7) is 5.42. The van der Waals surface area contributed by atoms with Gasteiger partial charge < -0.3 is 14.7 Å². The van der Waals surface area contributed by atoms with Gasteiger partial charge in [0.15, 0.2) is 0 Å². The molecule has 1 heterocycles. The minimum atomic E-state index is -0.761. The maximum absolute atomic E-state index is 11.7. The van der Waals surface area contributed by atoms with Crippen LogP contribution in [0.4, 0.5) is 0 Å². The van der Waals surface area contributed by atoms with E-state index in [0.29, 0.717) is 6.42 Å². The molecule has 0 radical (unpaired) electrons. The largest absolute Gasteiger partial charge is 0.496 e. The highest BCUT2D eigenvalue weighted by atomic mass is 16.5. The zero-order valence-corrected chi connectivity index (χ0v) is 13.0. The van der Waals surface area contributed by atoms with Crippen molar-refractivity contribution in [3.05, 3.63) is 29.3 Å². The van der Waals surface area contributed by atoms with Crippen molar-refractivity contribution in [1.29, 1.82) is 0 Å². The molecule has 0 unspecified atom stereocenters. The Hall–Kier alpha value is -1.59. The highest BCUT2D eigenvalue weighted by Crippen LogP contribution is 2.23. The van der Waals surface area contributed by atoms with Gasteiger partial charge in [-0.25, -0.2) is 0 Å². The van der Waals surface area contributed by atoms with Gasteiger partial charge in [-0.15, -0.1) is 0 Å². The van der Waals surface area contributed by atoms with Gasteiger partial charge in [0, 0.05) is 32.6 Å². The van der Waals surface area contributed by atoms with Crippen molar-refractivity contribution < 1.29 is 14.6 Å². The van der Waals surface area contributed by atoms with Crippen molar-refractivity contribution in [3.63, 3.8) is 0 Å². The lowest BCUT2D eigenvalue weighted by atomic mass is 10.0. The van der Waals surface area contributed by atoms with E-state index in [1.165, 1.54) is 0 Å². The summed E-state index contributed by atoms with van der Waals surface area (Å²) >= 11 is 0. The Labute approximate surface area is 126 Å². The highest BCUT2D eigenvalue weighted by molar-refractivity contribution is 5.74. The molecule has 0 saturated carbocycles. The minimum absolute atomic E-state index is 0.476. The van der Waals surface area contributed by atoms with Crippen molar-refractivity contribution in [2.45, 2.75) is 19.4 Å². The fourth-order valence-electron chi connectivity index (χ4n) is 2.78. The molecule has 5 heteroatoms. The van der Waals surface area contributed by atoms with E-state index in [2.05, 4.69) is 16.8 Å². The van der Waals surface area contributed by atoms with Gasteiger partial charge in [0.05, 0.1) is 7.11 Å². The molecule has 1 aromatic carbocycles. The second kappa shape index (κ2) is 6.91. The summed E-state index contributed by atoms with van der Waals surface area (Å²) in [6.07, 6.45) is 0.476. The molecule has 5 nitrogen and oxygen atoms in total. The van der Waals surface area contributed by atoms with Gasteiger partial charge in [-0.3, -0.25) is 9.69 Å². The van der Waals surface area contributed by atoms with E-state index < -0.39 is 12.0 Å². The predicted octanol–water partition coefficient (Wildman–Crippen LogP) is 1.25. The van der Waals surface area contributed by atoms with Crippen LogP contribution in [0.2, 0.25) is 0 Å². The molecule has 1 N–H and O–H groups in total. The fraction of sp³-hybridized carbons (Fsp3) is 0.562. The average molecular weight is 292 g/mol. The molecule has 1 aliphatic rings. The molecule has 0 amide bonds. The maximum Gasteiger partial charge on any atom is 0.321 e. The Morgan fingerprint density at radius 3 is 2.57 bits per heavy atom. The van der Waals surface area contributed by atoms with Crippen molar-refractivity contribution >= 4 is 5.97 Å². The number of nitrogens with zero attached hydrogens (tertiary/aromatic N) is 2. The van der Waals surface area contributed by atoms with Crippen LogP contribution in [-0.4, -0.2) is 67.3 Å². The Morgan fingerprint density at radius 1 is 1.33 bits per heavy atom. The number of benzene rings is 1. The first kappa shape index (κ1) is 15.8. The zero-order chi connectivity index (χ0) is 15.4. The smallest absolute Gasteiger partial charge is 0.321 e. The Bertz CT molecular complexity index is 496. The first-order valence-corrected chi connectivity index (χ1v) is 7.30. The number of methoxy groups -OCH3 is 1. The summed E-state index contributed by atoms with van der Waals surface area (Å²) in [4.78, 5) is 16.0. The van der Waals surface area contributed by atoms with E-state index in [1.807, 2.05) is 25.1 Å². The average Bonchev–Trinajstić information content (AvgIpc) is 2.46. The molecule has 1 aromatic rings. The van der Waals surface area contributed by atoms with Gasteiger partial charge in [-0.2, -0.15) is 0 Å². The van der Waals surface area contributed by atoms with Gasteiger partial charge in [0.25, 0.3) is 0 Å².